The van der Waals surface area contributed by atoms with E-state index in [9.17, 15) is 8.42 Å². The highest BCUT2D eigenvalue weighted by Gasteiger charge is 2.22. The van der Waals surface area contributed by atoms with Crippen LogP contribution in [0.1, 0.15) is 24.0 Å². The molecule has 0 fully saturated rings. The highest BCUT2D eigenvalue weighted by Crippen LogP contribution is 2.32. The molecule has 1 aromatic carbocycles. The number of fused-ring (bicyclic) bond motifs is 1. The fraction of sp³-hybridized carbons (Fsp3) is 0.500. The second kappa shape index (κ2) is 5.83. The maximum Gasteiger partial charge on any atom is 0.287 e. The van der Waals surface area contributed by atoms with Gasteiger partial charge in [-0.2, -0.15) is 8.42 Å². The van der Waals surface area contributed by atoms with Crippen LogP contribution in [0.15, 0.2) is 21.4 Å². The van der Waals surface area contributed by atoms with E-state index in [1.54, 1.807) is 25.1 Å². The Morgan fingerprint density at radius 2 is 1.80 bits per heavy atom. The van der Waals surface area contributed by atoms with Gasteiger partial charge >= 0.3 is 0 Å². The van der Waals surface area contributed by atoms with Crippen LogP contribution in [0.2, 0.25) is 0 Å². The van der Waals surface area contributed by atoms with Crippen LogP contribution in [0, 0.1) is 0 Å². The monoisotopic (exact) mass is 296 g/mol. The van der Waals surface area contributed by atoms with E-state index in [1.807, 2.05) is 6.07 Å². The van der Waals surface area contributed by atoms with Crippen LogP contribution in [0.4, 0.5) is 0 Å². The molecule has 5 nitrogen and oxygen atoms in total. The zero-order valence-corrected chi connectivity index (χ0v) is 12.9. The first-order valence-corrected chi connectivity index (χ1v) is 8.05. The van der Waals surface area contributed by atoms with Crippen molar-refractivity contribution in [2.45, 2.75) is 30.6 Å². The third kappa shape index (κ3) is 3.12. The van der Waals surface area contributed by atoms with Gasteiger partial charge in [0.1, 0.15) is 17.0 Å². The van der Waals surface area contributed by atoms with E-state index >= 15 is 0 Å². The first-order valence-electron chi connectivity index (χ1n) is 6.61. The maximum atomic E-state index is 12.3. The minimum atomic E-state index is -3.73. The Kier molecular flexibility index (Phi) is 4.32. The zero-order chi connectivity index (χ0) is 14.8. The van der Waals surface area contributed by atoms with Gasteiger partial charge in [-0.3, -0.25) is 0 Å². The van der Waals surface area contributed by atoms with Crippen molar-refractivity contribution in [2.75, 3.05) is 21.2 Å². The number of methoxy groups -OCH3 is 1. The molecule has 20 heavy (non-hydrogen) atoms. The molecule has 0 saturated heterocycles. The Bertz CT molecular complexity index is 622. The Hall–Kier alpha value is -1.56. The van der Waals surface area contributed by atoms with E-state index in [-0.39, 0.29) is 4.90 Å². The number of benzene rings is 1. The molecule has 0 saturated carbocycles. The quantitative estimate of drug-likeness (QED) is 0.628. The predicted octanol–water partition coefficient (Wildman–Crippen LogP) is 1.85. The Balaban J connectivity index is 2.50. The molecule has 0 atom stereocenters. The number of hydrogen-bond acceptors (Lipinski definition) is 3. The molecule has 0 aromatic heterocycles. The molecular weight excluding hydrogens is 276 g/mol. The normalized spacial score (nSPS) is 15.2. The minimum Gasteiger partial charge on any atom is -0.495 e. The average molecular weight is 296 g/mol. The van der Waals surface area contributed by atoms with Gasteiger partial charge in [-0.25, -0.2) is 0 Å². The molecule has 0 unspecified atom stereocenters. The summed E-state index contributed by atoms with van der Waals surface area (Å²) in [6.45, 7) is 0. The van der Waals surface area contributed by atoms with Gasteiger partial charge in [0.2, 0.25) is 0 Å². The van der Waals surface area contributed by atoms with Gasteiger partial charge in [-0.1, -0.05) is 0 Å². The van der Waals surface area contributed by atoms with Crippen LogP contribution in [-0.2, 0) is 22.9 Å². The molecule has 110 valence electrons. The largest absolute Gasteiger partial charge is 0.495 e. The number of ether oxygens (including phenoxy) is 1. The summed E-state index contributed by atoms with van der Waals surface area (Å²) in [7, 11) is 1.21. The lowest BCUT2D eigenvalue weighted by Crippen LogP contribution is -2.12. The Labute approximate surface area is 120 Å². The smallest absolute Gasteiger partial charge is 0.287 e. The van der Waals surface area contributed by atoms with Crippen LogP contribution >= 0.6 is 0 Å². The van der Waals surface area contributed by atoms with Crippen molar-refractivity contribution in [3.63, 3.8) is 0 Å². The maximum absolute atomic E-state index is 12.3. The summed E-state index contributed by atoms with van der Waals surface area (Å²) in [6.07, 6.45) is 5.42. The van der Waals surface area contributed by atoms with E-state index in [2.05, 4.69) is 4.40 Å². The van der Waals surface area contributed by atoms with Crippen LogP contribution in [0.5, 0.6) is 5.75 Å². The van der Waals surface area contributed by atoms with Crippen LogP contribution in [0.25, 0.3) is 0 Å². The standard InChI is InChI=1S/C14H20N2O3S/c1-16(2)10-15-20(17,18)14-9-12-7-5-4-6-11(12)8-13(14)19-3/h8-10H,4-7H2,1-3H3. The highest BCUT2D eigenvalue weighted by atomic mass is 32.2. The summed E-state index contributed by atoms with van der Waals surface area (Å²) in [5, 5.41) is 0. The zero-order valence-electron chi connectivity index (χ0n) is 12.1. The topological polar surface area (TPSA) is 59.0 Å². The van der Waals surface area contributed by atoms with Crippen molar-refractivity contribution in [3.05, 3.63) is 23.3 Å². The lowest BCUT2D eigenvalue weighted by Gasteiger charge is -2.18. The molecule has 0 bridgehead atoms. The SMILES string of the molecule is COc1cc2c(cc1S(=O)(=O)N=CN(C)C)CCCC2. The van der Waals surface area contributed by atoms with Crippen molar-refractivity contribution in [1.29, 1.82) is 0 Å². The summed E-state index contributed by atoms with van der Waals surface area (Å²) in [6, 6.07) is 3.56. The Morgan fingerprint density at radius 1 is 1.20 bits per heavy atom. The van der Waals surface area contributed by atoms with Crippen molar-refractivity contribution < 1.29 is 13.2 Å². The predicted molar refractivity (Wildman–Crippen MR) is 79.0 cm³/mol. The second-order valence-electron chi connectivity index (χ2n) is 5.14. The van der Waals surface area contributed by atoms with Crippen molar-refractivity contribution >= 4 is 16.4 Å². The van der Waals surface area contributed by atoms with Gasteiger partial charge in [0.15, 0.2) is 0 Å². The molecule has 0 spiro atoms. The molecule has 1 aromatic rings. The van der Waals surface area contributed by atoms with Gasteiger partial charge in [-0.15, -0.1) is 4.40 Å². The van der Waals surface area contributed by atoms with Crippen molar-refractivity contribution in [1.82, 2.24) is 4.90 Å². The number of nitrogens with zero attached hydrogens (tertiary/aromatic N) is 2. The van der Waals surface area contributed by atoms with E-state index < -0.39 is 10.0 Å². The van der Waals surface area contributed by atoms with E-state index in [0.29, 0.717) is 5.75 Å². The van der Waals surface area contributed by atoms with E-state index in [4.69, 9.17) is 4.74 Å². The molecule has 0 radical (unpaired) electrons. The van der Waals surface area contributed by atoms with Gasteiger partial charge in [0.05, 0.1) is 7.11 Å². The van der Waals surface area contributed by atoms with E-state index in [0.717, 1.165) is 31.2 Å². The fourth-order valence-corrected chi connectivity index (χ4v) is 3.43. The fourth-order valence-electron chi connectivity index (χ4n) is 2.31. The van der Waals surface area contributed by atoms with Gasteiger partial charge in [0, 0.05) is 14.1 Å². The molecule has 0 aliphatic heterocycles. The molecule has 1 aliphatic carbocycles. The van der Waals surface area contributed by atoms with Crippen molar-refractivity contribution in [2.24, 2.45) is 4.40 Å². The van der Waals surface area contributed by atoms with E-state index in [1.165, 1.54) is 19.0 Å². The summed E-state index contributed by atoms with van der Waals surface area (Å²) in [5.74, 6) is 0.376. The summed E-state index contributed by atoms with van der Waals surface area (Å²) in [4.78, 5) is 1.74. The first kappa shape index (κ1) is 14.8. The molecule has 0 N–H and O–H groups in total. The third-order valence-corrected chi connectivity index (χ3v) is 4.57. The van der Waals surface area contributed by atoms with Crippen molar-refractivity contribution in [3.8, 4) is 5.75 Å². The molecular formula is C14H20N2O3S. The van der Waals surface area contributed by atoms with Gasteiger partial charge < -0.3 is 9.64 Å². The summed E-state index contributed by atoms with van der Waals surface area (Å²) < 4.78 is 33.5. The summed E-state index contributed by atoms with van der Waals surface area (Å²) >= 11 is 0. The number of aryl methyl sites for hydroxylation is 2. The highest BCUT2D eigenvalue weighted by molar-refractivity contribution is 7.90. The molecule has 6 heteroatoms. The lowest BCUT2D eigenvalue weighted by molar-refractivity contribution is 0.401. The van der Waals surface area contributed by atoms with Gasteiger partial charge in [-0.05, 0) is 48.9 Å². The Morgan fingerprint density at radius 3 is 2.35 bits per heavy atom. The average Bonchev–Trinajstić information content (AvgIpc) is 2.43. The third-order valence-electron chi connectivity index (χ3n) is 3.32. The van der Waals surface area contributed by atoms with Crippen LogP contribution in [0.3, 0.4) is 0 Å². The van der Waals surface area contributed by atoms with Gasteiger partial charge in [0.25, 0.3) is 10.0 Å². The second-order valence-corrected chi connectivity index (χ2v) is 6.74. The molecule has 2 rings (SSSR count). The van der Waals surface area contributed by atoms with Crippen LogP contribution in [-0.4, -0.2) is 40.9 Å². The molecule has 1 aliphatic rings. The van der Waals surface area contributed by atoms with Crippen LogP contribution < -0.4 is 4.74 Å². The summed E-state index contributed by atoms with van der Waals surface area (Å²) in [5.41, 5.74) is 2.28. The minimum absolute atomic E-state index is 0.152. The lowest BCUT2D eigenvalue weighted by atomic mass is 9.92. The molecule has 0 heterocycles. The number of rotatable bonds is 4. The molecule has 0 amide bonds. The first-order chi connectivity index (χ1) is 9.44. The number of sulfonamides is 1. The number of hydrogen-bond donors (Lipinski definition) is 0.